The van der Waals surface area contributed by atoms with Gasteiger partial charge in [-0.25, -0.2) is 4.39 Å². The second-order valence-electron chi connectivity index (χ2n) is 6.96. The molecule has 2 fully saturated rings. The zero-order valence-electron chi connectivity index (χ0n) is 14.6. The standard InChI is InChI=1S/C19H24FNO5/c20-14-7-8-17(26-11-15-2-1-9-25-15)16(10-14)21-18(22)12-3-5-13(6-4-12)19(23)24/h7-8,10,12-13,15H,1-6,9,11H2,(H,21,22)(H,23,24). The molecule has 7 heteroatoms. The average molecular weight is 365 g/mol. The van der Waals surface area contributed by atoms with Crippen LogP contribution in [0, 0.1) is 17.7 Å². The Morgan fingerprint density at radius 2 is 1.92 bits per heavy atom. The maximum absolute atomic E-state index is 13.6. The summed E-state index contributed by atoms with van der Waals surface area (Å²) in [5.41, 5.74) is 0.299. The van der Waals surface area contributed by atoms with Crippen molar-refractivity contribution in [3.05, 3.63) is 24.0 Å². The van der Waals surface area contributed by atoms with Crippen LogP contribution < -0.4 is 10.1 Å². The lowest BCUT2D eigenvalue weighted by Gasteiger charge is -2.25. The van der Waals surface area contributed by atoms with Gasteiger partial charge in [0.2, 0.25) is 5.91 Å². The number of rotatable bonds is 6. The molecule has 0 bridgehead atoms. The van der Waals surface area contributed by atoms with Gasteiger partial charge < -0.3 is 19.9 Å². The first-order chi connectivity index (χ1) is 12.5. The molecular weight excluding hydrogens is 341 g/mol. The quantitative estimate of drug-likeness (QED) is 0.809. The highest BCUT2D eigenvalue weighted by Gasteiger charge is 2.30. The third-order valence-corrected chi connectivity index (χ3v) is 5.10. The number of carbonyl (C=O) groups is 2. The number of benzene rings is 1. The van der Waals surface area contributed by atoms with Gasteiger partial charge in [-0.1, -0.05) is 0 Å². The van der Waals surface area contributed by atoms with Crippen molar-refractivity contribution in [3.63, 3.8) is 0 Å². The number of aliphatic carboxylic acids is 1. The first-order valence-electron chi connectivity index (χ1n) is 9.10. The number of carboxylic acids is 1. The Morgan fingerprint density at radius 1 is 1.19 bits per heavy atom. The Labute approximate surface area is 151 Å². The summed E-state index contributed by atoms with van der Waals surface area (Å²) in [6.07, 6.45) is 3.96. The fourth-order valence-corrected chi connectivity index (χ4v) is 3.52. The summed E-state index contributed by atoms with van der Waals surface area (Å²) in [7, 11) is 0. The number of nitrogens with one attached hydrogen (secondary N) is 1. The molecule has 3 rings (SSSR count). The fourth-order valence-electron chi connectivity index (χ4n) is 3.52. The van der Waals surface area contributed by atoms with Crippen LogP contribution in [0.25, 0.3) is 0 Å². The highest BCUT2D eigenvalue weighted by atomic mass is 19.1. The van der Waals surface area contributed by atoms with Crippen LogP contribution in [0.5, 0.6) is 5.75 Å². The molecule has 142 valence electrons. The molecule has 1 amide bonds. The fraction of sp³-hybridized carbons (Fsp3) is 0.579. The van der Waals surface area contributed by atoms with Crippen LogP contribution in [-0.4, -0.2) is 36.3 Å². The number of amides is 1. The van der Waals surface area contributed by atoms with Gasteiger partial charge in [-0.15, -0.1) is 0 Å². The Balaban J connectivity index is 1.60. The molecule has 0 aromatic heterocycles. The predicted molar refractivity (Wildman–Crippen MR) is 92.6 cm³/mol. The van der Waals surface area contributed by atoms with Crippen LogP contribution in [0.2, 0.25) is 0 Å². The zero-order valence-corrected chi connectivity index (χ0v) is 14.6. The van der Waals surface area contributed by atoms with E-state index in [9.17, 15) is 14.0 Å². The van der Waals surface area contributed by atoms with Crippen molar-refractivity contribution in [2.24, 2.45) is 11.8 Å². The number of hydrogen-bond acceptors (Lipinski definition) is 4. The van der Waals surface area contributed by atoms with Gasteiger partial charge in [-0.05, 0) is 50.7 Å². The van der Waals surface area contributed by atoms with E-state index in [-0.39, 0.29) is 23.8 Å². The minimum Gasteiger partial charge on any atom is -0.489 e. The van der Waals surface area contributed by atoms with E-state index in [2.05, 4.69) is 5.32 Å². The molecule has 1 aliphatic heterocycles. The minimum atomic E-state index is -0.807. The lowest BCUT2D eigenvalue weighted by Crippen LogP contribution is -2.29. The number of ether oxygens (including phenoxy) is 2. The molecule has 1 saturated carbocycles. The number of carbonyl (C=O) groups excluding carboxylic acids is 1. The van der Waals surface area contributed by atoms with Gasteiger partial charge in [0.05, 0.1) is 17.7 Å². The van der Waals surface area contributed by atoms with Gasteiger partial charge in [0.1, 0.15) is 18.2 Å². The van der Waals surface area contributed by atoms with Gasteiger partial charge in [0.25, 0.3) is 0 Å². The monoisotopic (exact) mass is 365 g/mol. The summed E-state index contributed by atoms with van der Waals surface area (Å²) < 4.78 is 24.9. The van der Waals surface area contributed by atoms with Gasteiger partial charge in [-0.3, -0.25) is 9.59 Å². The van der Waals surface area contributed by atoms with Crippen LogP contribution in [0.4, 0.5) is 10.1 Å². The van der Waals surface area contributed by atoms with Crippen molar-refractivity contribution < 1.29 is 28.6 Å². The van der Waals surface area contributed by atoms with Gasteiger partial charge >= 0.3 is 5.97 Å². The molecule has 1 atom stereocenters. The predicted octanol–water partition coefficient (Wildman–Crippen LogP) is 3.21. The number of anilines is 1. The smallest absolute Gasteiger partial charge is 0.306 e. The molecule has 0 spiro atoms. The van der Waals surface area contributed by atoms with E-state index in [1.807, 2.05) is 0 Å². The molecular formula is C19H24FNO5. The van der Waals surface area contributed by atoms with Crippen molar-refractivity contribution >= 4 is 17.6 Å². The summed E-state index contributed by atoms with van der Waals surface area (Å²) in [5, 5.41) is 11.8. The van der Waals surface area contributed by atoms with Crippen LogP contribution >= 0.6 is 0 Å². The molecule has 1 aromatic rings. The minimum absolute atomic E-state index is 0.0231. The van der Waals surface area contributed by atoms with E-state index in [4.69, 9.17) is 14.6 Å². The Morgan fingerprint density at radius 3 is 2.58 bits per heavy atom. The number of carboxylic acid groups (broad SMARTS) is 1. The Hall–Kier alpha value is -2.15. The van der Waals surface area contributed by atoms with Crippen molar-refractivity contribution in [1.29, 1.82) is 0 Å². The summed E-state index contributed by atoms with van der Waals surface area (Å²) >= 11 is 0. The van der Waals surface area contributed by atoms with Crippen LogP contribution in [0.15, 0.2) is 18.2 Å². The lowest BCUT2D eigenvalue weighted by atomic mass is 9.81. The third kappa shape index (κ3) is 4.72. The van der Waals surface area contributed by atoms with E-state index in [1.165, 1.54) is 18.2 Å². The van der Waals surface area contributed by atoms with E-state index in [0.717, 1.165) is 19.4 Å². The molecule has 1 aliphatic carbocycles. The number of hydrogen-bond donors (Lipinski definition) is 2. The van der Waals surface area contributed by atoms with E-state index >= 15 is 0 Å². The summed E-state index contributed by atoms with van der Waals surface area (Å²) in [4.78, 5) is 23.5. The highest BCUT2D eigenvalue weighted by molar-refractivity contribution is 5.94. The van der Waals surface area contributed by atoms with Gasteiger partial charge in [0, 0.05) is 18.6 Å². The maximum atomic E-state index is 13.6. The zero-order chi connectivity index (χ0) is 18.5. The van der Waals surface area contributed by atoms with Crippen molar-refractivity contribution in [2.75, 3.05) is 18.5 Å². The molecule has 1 heterocycles. The van der Waals surface area contributed by atoms with Crippen LogP contribution in [0.1, 0.15) is 38.5 Å². The molecule has 2 N–H and O–H groups in total. The van der Waals surface area contributed by atoms with Crippen LogP contribution in [-0.2, 0) is 14.3 Å². The Kier molecular flexibility index (Phi) is 6.08. The summed E-state index contributed by atoms with van der Waals surface area (Å²) in [5.74, 6) is -1.72. The normalized spacial score (nSPS) is 25.7. The molecule has 6 nitrogen and oxygen atoms in total. The lowest BCUT2D eigenvalue weighted by molar-refractivity contribution is -0.143. The van der Waals surface area contributed by atoms with Gasteiger partial charge in [0.15, 0.2) is 0 Å². The summed E-state index contributed by atoms with van der Waals surface area (Å²) in [6, 6.07) is 4.03. The van der Waals surface area contributed by atoms with Gasteiger partial charge in [-0.2, -0.15) is 0 Å². The molecule has 26 heavy (non-hydrogen) atoms. The molecule has 1 unspecified atom stereocenters. The highest BCUT2D eigenvalue weighted by Crippen LogP contribution is 2.32. The second kappa shape index (κ2) is 8.49. The summed E-state index contributed by atoms with van der Waals surface area (Å²) in [6.45, 7) is 1.08. The molecule has 1 saturated heterocycles. The van der Waals surface area contributed by atoms with E-state index in [1.54, 1.807) is 0 Å². The van der Waals surface area contributed by atoms with E-state index < -0.39 is 11.8 Å². The molecule has 2 aliphatic rings. The van der Waals surface area contributed by atoms with Crippen LogP contribution in [0.3, 0.4) is 0 Å². The SMILES string of the molecule is O=C(O)C1CCC(C(=O)Nc2cc(F)ccc2OCC2CCCO2)CC1. The third-order valence-electron chi connectivity index (χ3n) is 5.10. The first-order valence-corrected chi connectivity index (χ1v) is 9.10. The van der Waals surface area contributed by atoms with Crippen molar-refractivity contribution in [2.45, 2.75) is 44.6 Å². The average Bonchev–Trinajstić information content (AvgIpc) is 3.14. The number of halogens is 1. The topological polar surface area (TPSA) is 84.9 Å². The Bertz CT molecular complexity index is 651. The van der Waals surface area contributed by atoms with E-state index in [0.29, 0.717) is 43.7 Å². The maximum Gasteiger partial charge on any atom is 0.306 e. The molecule has 1 aromatic carbocycles. The largest absolute Gasteiger partial charge is 0.489 e. The first kappa shape index (κ1) is 18.6. The van der Waals surface area contributed by atoms with Crippen molar-refractivity contribution in [1.82, 2.24) is 0 Å². The second-order valence-corrected chi connectivity index (χ2v) is 6.96. The molecule has 0 radical (unpaired) electrons. The van der Waals surface area contributed by atoms with Crippen molar-refractivity contribution in [3.8, 4) is 5.75 Å².